The Kier molecular flexibility index (Phi) is 114. The van der Waals surface area contributed by atoms with Gasteiger partial charge < -0.3 is 81.7 Å². The molecule has 0 aromatic rings. The molecule has 0 heterocycles. The Balaban J connectivity index is -0.000000159. The van der Waals surface area contributed by atoms with E-state index >= 15 is 0 Å². The van der Waals surface area contributed by atoms with Crippen molar-refractivity contribution in [3.05, 3.63) is 12.7 Å². The molecule has 0 unspecified atom stereocenters. The number of rotatable bonds is 72. The Morgan fingerprint density at radius 2 is 0.165 bits per heavy atom. The third kappa shape index (κ3) is 179. The van der Waals surface area contributed by atoms with Gasteiger partial charge in [0.05, 0.1) is 0 Å². The molecule has 0 bridgehead atoms. The lowest BCUT2D eigenvalue weighted by atomic mass is 10.1. The van der Waals surface area contributed by atoms with E-state index < -0.39 is 95.5 Å². The Labute approximate surface area is 681 Å². The number of unbranched alkanes of at least 4 members (excludes halogenated alkanes) is 40. The van der Waals surface area contributed by atoms with Gasteiger partial charge >= 0.3 is 95.5 Å². The van der Waals surface area contributed by atoms with Gasteiger partial charge in [-0.1, -0.05) is 212 Å². The highest BCUT2D eigenvalue weighted by molar-refractivity contribution is 5.71. The van der Waals surface area contributed by atoms with E-state index in [1.807, 2.05) is 6.92 Å². The number of carbonyl (C=O) groups is 16. The molecule has 0 radical (unpaired) electrons. The highest BCUT2D eigenvalue weighted by Gasteiger charge is 2.07. The summed E-state index contributed by atoms with van der Waals surface area (Å²) in [5, 5.41) is 134. The van der Waals surface area contributed by atoms with Crippen LogP contribution in [0.25, 0.3) is 0 Å². The van der Waals surface area contributed by atoms with E-state index in [-0.39, 0.29) is 103 Å². The first-order valence-electron chi connectivity index (χ1n) is 41.5. The largest absolute Gasteiger partial charge is 0.481 e. The summed E-state index contributed by atoms with van der Waals surface area (Å²) in [5.74, 6) is -11.8. The van der Waals surface area contributed by atoms with Crippen molar-refractivity contribution < 1.29 is 158 Å². The van der Waals surface area contributed by atoms with Crippen LogP contribution in [0, 0.1) is 0 Å². The van der Waals surface area contributed by atoms with Crippen LogP contribution in [0.4, 0.5) is 0 Å². The normalized spacial score (nSPS) is 9.85. The van der Waals surface area contributed by atoms with Crippen LogP contribution in [-0.4, -0.2) is 177 Å². The molecule has 0 amide bonds. The van der Waals surface area contributed by atoms with Crippen LogP contribution in [-0.2, 0) is 76.7 Å². The van der Waals surface area contributed by atoms with Crippen LogP contribution in [0.2, 0.25) is 0 Å². The van der Waals surface area contributed by atoms with Crippen LogP contribution >= 0.6 is 0 Å². The quantitative estimate of drug-likeness (QED) is 0.0199. The van der Waals surface area contributed by atoms with Crippen LogP contribution in [0.3, 0.4) is 0 Å². The molecule has 0 saturated carbocycles. The lowest BCUT2D eigenvalue weighted by molar-refractivity contribution is -0.138. The molecule has 32 heteroatoms. The molecule has 0 fully saturated rings. The number of carboxylic acids is 16. The third-order valence-corrected chi connectivity index (χ3v) is 16.3. The molecule has 32 nitrogen and oxygen atoms in total. The van der Waals surface area contributed by atoms with E-state index in [0.717, 1.165) is 308 Å². The topological polar surface area (TPSA) is 597 Å². The fraction of sp³-hybridized carbons (Fsp3) is 0.783. The standard InChI is InChI=1S/8C10H18O4.C3H6/c8*11-9(12)7-5-3-1-2-4-6-8-10(13)14;1-3-2/h8*1-8H2,(H,11,12)(H,13,14);3H,1H2,2H3. The van der Waals surface area contributed by atoms with Gasteiger partial charge in [0.15, 0.2) is 0 Å². The Morgan fingerprint density at radius 1 is 0.130 bits per heavy atom. The molecule has 0 atom stereocenters. The minimum Gasteiger partial charge on any atom is -0.481 e. The summed E-state index contributed by atoms with van der Waals surface area (Å²) < 4.78 is 0. The minimum atomic E-state index is -0.740. The van der Waals surface area contributed by atoms with E-state index in [1.165, 1.54) is 0 Å². The molecule has 0 aliphatic carbocycles. The molecular formula is C83H150O32. The highest BCUT2D eigenvalue weighted by atomic mass is 16.4. The fourth-order valence-corrected chi connectivity index (χ4v) is 10.1. The van der Waals surface area contributed by atoms with Gasteiger partial charge in [0.25, 0.3) is 0 Å². The molecule has 0 spiro atoms. The fourth-order valence-electron chi connectivity index (χ4n) is 10.1. The number of aliphatic carboxylic acids is 16. The first kappa shape index (κ1) is 124. The zero-order valence-corrected chi connectivity index (χ0v) is 69.2. The second kappa shape index (κ2) is 105. The smallest absolute Gasteiger partial charge is 0.303 e. The van der Waals surface area contributed by atoms with Crippen LogP contribution in [0.1, 0.15) is 418 Å². The SMILES string of the molecule is C=CC.O=C(O)CCCCCCCCC(=O)O.O=C(O)CCCCCCCCC(=O)O.O=C(O)CCCCCCCCC(=O)O.O=C(O)CCCCCCCCC(=O)O.O=C(O)CCCCCCCCC(=O)O.O=C(O)CCCCCCCCC(=O)O.O=C(O)CCCCCCCCC(=O)O.O=C(O)CCCCCCCCC(=O)O. The summed E-state index contributed by atoms with van der Waals surface area (Å²) >= 11 is 0. The third-order valence-electron chi connectivity index (χ3n) is 16.3. The van der Waals surface area contributed by atoms with Crippen LogP contribution < -0.4 is 0 Å². The molecule has 0 saturated heterocycles. The maximum Gasteiger partial charge on any atom is 0.303 e. The second-order valence-electron chi connectivity index (χ2n) is 27.7. The van der Waals surface area contributed by atoms with E-state index in [9.17, 15) is 76.7 Å². The van der Waals surface area contributed by atoms with Gasteiger partial charge in [0, 0.05) is 103 Å². The van der Waals surface area contributed by atoms with Crippen molar-refractivity contribution in [3.8, 4) is 0 Å². The van der Waals surface area contributed by atoms with Gasteiger partial charge in [-0.2, -0.15) is 0 Å². The van der Waals surface area contributed by atoms with Crippen LogP contribution in [0.5, 0.6) is 0 Å². The maximum absolute atomic E-state index is 10.1. The van der Waals surface area contributed by atoms with Gasteiger partial charge in [-0.25, -0.2) is 0 Å². The van der Waals surface area contributed by atoms with E-state index in [4.69, 9.17) is 81.7 Å². The van der Waals surface area contributed by atoms with Crippen molar-refractivity contribution in [2.75, 3.05) is 0 Å². The molecule has 0 aromatic heterocycles. The predicted molar refractivity (Wildman–Crippen MR) is 434 cm³/mol. The van der Waals surface area contributed by atoms with Gasteiger partial charge in [0.1, 0.15) is 0 Å². The molecular weight excluding hydrogens is 1510 g/mol. The molecule has 0 aliphatic rings. The van der Waals surface area contributed by atoms with Crippen molar-refractivity contribution in [1.29, 1.82) is 0 Å². The number of hydrogen-bond acceptors (Lipinski definition) is 16. The highest BCUT2D eigenvalue weighted by Crippen LogP contribution is 2.15. The summed E-state index contributed by atoms with van der Waals surface area (Å²) in [6.07, 6.45) is 48.3. The first-order chi connectivity index (χ1) is 54.4. The minimum absolute atomic E-state index is 0.245. The van der Waals surface area contributed by atoms with Gasteiger partial charge in [-0.3, -0.25) is 76.7 Å². The van der Waals surface area contributed by atoms with Crippen LogP contribution in [0.15, 0.2) is 12.7 Å². The Morgan fingerprint density at radius 3 is 0.200 bits per heavy atom. The maximum atomic E-state index is 10.1. The molecule has 674 valence electrons. The molecule has 0 rings (SSSR count). The van der Waals surface area contributed by atoms with Crippen molar-refractivity contribution in [3.63, 3.8) is 0 Å². The molecule has 115 heavy (non-hydrogen) atoms. The van der Waals surface area contributed by atoms with E-state index in [2.05, 4.69) is 6.58 Å². The second-order valence-corrected chi connectivity index (χ2v) is 27.7. The van der Waals surface area contributed by atoms with Gasteiger partial charge in [0.2, 0.25) is 0 Å². The predicted octanol–water partition coefficient (Wildman–Crippen LogP) is 19.4. The van der Waals surface area contributed by atoms with Gasteiger partial charge in [-0.15, -0.1) is 6.58 Å². The zero-order chi connectivity index (χ0) is 89.2. The zero-order valence-electron chi connectivity index (χ0n) is 69.2. The Bertz CT molecular complexity index is 1790. The summed E-state index contributed by atoms with van der Waals surface area (Å²) in [7, 11) is 0. The van der Waals surface area contributed by atoms with Crippen molar-refractivity contribution in [2.24, 2.45) is 0 Å². The number of carboxylic acid groups (broad SMARTS) is 16. The first-order valence-corrected chi connectivity index (χ1v) is 41.5. The summed E-state index contributed by atoms with van der Waals surface area (Å²) in [6.45, 7) is 5.25. The summed E-state index contributed by atoms with van der Waals surface area (Å²) in [5.41, 5.74) is 0. The molecule has 0 aliphatic heterocycles. The summed E-state index contributed by atoms with van der Waals surface area (Å²) in [4.78, 5) is 162. The number of hydrogen-bond donors (Lipinski definition) is 16. The average molecular weight is 1660 g/mol. The van der Waals surface area contributed by atoms with Gasteiger partial charge in [-0.05, 0) is 110 Å². The lowest BCUT2D eigenvalue weighted by Gasteiger charge is -1.98. The van der Waals surface area contributed by atoms with Crippen molar-refractivity contribution in [2.45, 2.75) is 418 Å². The lowest BCUT2D eigenvalue weighted by Crippen LogP contribution is -1.94. The molecule has 0 aromatic carbocycles. The Hall–Kier alpha value is -8.74. The summed E-state index contributed by atoms with van der Waals surface area (Å²) in [6, 6.07) is 0. The van der Waals surface area contributed by atoms with Crippen molar-refractivity contribution in [1.82, 2.24) is 0 Å². The average Bonchev–Trinajstić information content (AvgIpc) is 1.25. The van der Waals surface area contributed by atoms with E-state index in [0.29, 0.717) is 0 Å². The van der Waals surface area contributed by atoms with Crippen molar-refractivity contribution >= 4 is 95.5 Å². The molecule has 16 N–H and O–H groups in total. The number of allylic oxidation sites excluding steroid dienone is 1. The monoisotopic (exact) mass is 1660 g/mol. The van der Waals surface area contributed by atoms with E-state index in [1.54, 1.807) is 6.08 Å².